The van der Waals surface area contributed by atoms with Gasteiger partial charge in [0.1, 0.15) is 52.6 Å². The number of aliphatic hydroxyl groups is 4. The first-order valence-electron chi connectivity index (χ1n) is 9.57. The summed E-state index contributed by atoms with van der Waals surface area (Å²) in [5.41, 5.74) is 5.56. The second-order valence-corrected chi connectivity index (χ2v) is 7.35. The predicted molar refractivity (Wildman–Crippen MR) is 110 cm³/mol. The van der Waals surface area contributed by atoms with Gasteiger partial charge in [0, 0.05) is 12.1 Å². The Morgan fingerprint density at radius 3 is 2.34 bits per heavy atom. The van der Waals surface area contributed by atoms with E-state index < -0.39 is 48.5 Å². The summed E-state index contributed by atoms with van der Waals surface area (Å²) in [6.45, 7) is -0.640. The monoisotopic (exact) mass is 447 g/mol. The highest BCUT2D eigenvalue weighted by Crippen LogP contribution is 2.35. The van der Waals surface area contributed by atoms with Crippen LogP contribution in [0.5, 0.6) is 17.2 Å². The average Bonchev–Trinajstić information content (AvgIpc) is 2.75. The van der Waals surface area contributed by atoms with Gasteiger partial charge < -0.3 is 50.3 Å². The lowest BCUT2D eigenvalue weighted by Crippen LogP contribution is -2.60. The average molecular weight is 447 g/mol. The number of phenols is 2. The molecule has 5 atom stereocenters. The van der Waals surface area contributed by atoms with E-state index in [2.05, 4.69) is 0 Å². The Bertz CT molecular complexity index is 1190. The van der Waals surface area contributed by atoms with E-state index in [9.17, 15) is 35.4 Å². The molecule has 170 valence electrons. The maximum Gasteiger partial charge on any atom is 0.229 e. The summed E-state index contributed by atoms with van der Waals surface area (Å²) < 4.78 is 16.3. The molecule has 0 amide bonds. The Balaban J connectivity index is 1.72. The molecule has 3 unspecified atom stereocenters. The van der Waals surface area contributed by atoms with Gasteiger partial charge in [-0.15, -0.1) is 0 Å². The molecule has 2 heterocycles. The van der Waals surface area contributed by atoms with Crippen LogP contribution in [0.25, 0.3) is 22.1 Å². The minimum absolute atomic E-state index is 0.00426. The number of nitrogen functional groups attached to an aromatic ring is 1. The van der Waals surface area contributed by atoms with Gasteiger partial charge in [0.2, 0.25) is 17.6 Å². The van der Waals surface area contributed by atoms with Crippen molar-refractivity contribution < 1.29 is 44.5 Å². The van der Waals surface area contributed by atoms with E-state index in [1.807, 2.05) is 0 Å². The number of phenolic OH excluding ortho intramolecular Hbond substituents is 2. The van der Waals surface area contributed by atoms with Crippen molar-refractivity contribution in [3.05, 3.63) is 46.6 Å². The van der Waals surface area contributed by atoms with E-state index >= 15 is 0 Å². The van der Waals surface area contributed by atoms with Crippen LogP contribution < -0.4 is 15.9 Å². The van der Waals surface area contributed by atoms with Crippen molar-refractivity contribution in [1.82, 2.24) is 0 Å². The van der Waals surface area contributed by atoms with Crippen molar-refractivity contribution in [1.29, 1.82) is 0 Å². The first-order valence-corrected chi connectivity index (χ1v) is 9.57. The number of fused-ring (bicyclic) bond motifs is 1. The summed E-state index contributed by atoms with van der Waals surface area (Å²) in [5.74, 6) is -0.844. The van der Waals surface area contributed by atoms with Gasteiger partial charge in [0.05, 0.1) is 12.2 Å². The molecule has 0 bridgehead atoms. The lowest BCUT2D eigenvalue weighted by Gasteiger charge is -2.39. The molecular weight excluding hydrogens is 426 g/mol. The van der Waals surface area contributed by atoms with Crippen molar-refractivity contribution in [3.63, 3.8) is 0 Å². The number of ether oxygens (including phenoxy) is 2. The third kappa shape index (κ3) is 3.72. The van der Waals surface area contributed by atoms with Crippen LogP contribution in [0.2, 0.25) is 0 Å². The lowest BCUT2D eigenvalue weighted by atomic mass is 9.99. The third-order valence-electron chi connectivity index (χ3n) is 5.23. The summed E-state index contributed by atoms with van der Waals surface area (Å²) in [4.78, 5) is 13.0. The summed E-state index contributed by atoms with van der Waals surface area (Å²) in [5, 5.41) is 58.9. The highest BCUT2D eigenvalue weighted by molar-refractivity contribution is 5.91. The van der Waals surface area contributed by atoms with Crippen LogP contribution in [-0.4, -0.2) is 68.0 Å². The molecule has 32 heavy (non-hydrogen) atoms. The van der Waals surface area contributed by atoms with Gasteiger partial charge in [-0.2, -0.15) is 0 Å². The fourth-order valence-electron chi connectivity index (χ4n) is 3.56. The first kappa shape index (κ1) is 21.9. The SMILES string of the molecule is Nc1oc2cc(O[C@@H]3OC(CO)[C@@H](O)C(O)C3O)cc(O)c2c(=O)c1-c1ccc(O)cc1. The number of nitrogens with two attached hydrogens (primary N) is 1. The molecule has 1 fully saturated rings. The summed E-state index contributed by atoms with van der Waals surface area (Å²) in [6.07, 6.45) is -7.56. The zero-order chi connectivity index (χ0) is 23.2. The second-order valence-electron chi connectivity index (χ2n) is 7.35. The number of aliphatic hydroxyl groups excluding tert-OH is 4. The lowest BCUT2D eigenvalue weighted by molar-refractivity contribution is -0.277. The zero-order valence-electron chi connectivity index (χ0n) is 16.5. The minimum atomic E-state index is -1.67. The minimum Gasteiger partial charge on any atom is -0.508 e. The smallest absolute Gasteiger partial charge is 0.229 e. The summed E-state index contributed by atoms with van der Waals surface area (Å²) >= 11 is 0. The van der Waals surface area contributed by atoms with E-state index in [0.29, 0.717) is 5.56 Å². The van der Waals surface area contributed by atoms with Gasteiger partial charge in [-0.25, -0.2) is 0 Å². The standard InChI is InChI=1S/C21H21NO10/c22-20-14(8-1-3-9(24)4-2-8)17(27)15-11(25)5-10(6-12(15)31-20)30-21-19(29)18(28)16(26)13(7-23)32-21/h1-6,13,16,18-19,21,23-26,28-29H,7,22H2/t13?,16-,18?,19?,21-/m1/s1. The zero-order valence-corrected chi connectivity index (χ0v) is 16.5. The van der Waals surface area contributed by atoms with Crippen LogP contribution in [0, 0.1) is 0 Å². The van der Waals surface area contributed by atoms with Crippen LogP contribution in [0.3, 0.4) is 0 Å². The number of anilines is 1. The van der Waals surface area contributed by atoms with Gasteiger partial charge in [-0.05, 0) is 17.7 Å². The normalized spacial score (nSPS) is 25.7. The van der Waals surface area contributed by atoms with E-state index in [1.165, 1.54) is 30.3 Å². The molecule has 0 aliphatic carbocycles. The Morgan fingerprint density at radius 1 is 1.00 bits per heavy atom. The second kappa shape index (κ2) is 8.30. The Hall–Kier alpha value is -3.35. The molecule has 1 aliphatic rings. The quantitative estimate of drug-likeness (QED) is 0.276. The van der Waals surface area contributed by atoms with E-state index in [0.717, 1.165) is 6.07 Å². The van der Waals surface area contributed by atoms with Crippen LogP contribution in [-0.2, 0) is 4.74 Å². The van der Waals surface area contributed by atoms with Gasteiger partial charge >= 0.3 is 0 Å². The largest absolute Gasteiger partial charge is 0.508 e. The van der Waals surface area contributed by atoms with Crippen molar-refractivity contribution in [2.45, 2.75) is 30.7 Å². The molecule has 1 saturated heterocycles. The maximum atomic E-state index is 13.0. The molecule has 0 spiro atoms. The van der Waals surface area contributed by atoms with Crippen molar-refractivity contribution in [2.75, 3.05) is 12.3 Å². The molecule has 11 nitrogen and oxygen atoms in total. The maximum absolute atomic E-state index is 13.0. The highest BCUT2D eigenvalue weighted by atomic mass is 16.7. The number of aromatic hydroxyl groups is 2. The van der Waals surface area contributed by atoms with Crippen molar-refractivity contribution in [3.8, 4) is 28.4 Å². The molecule has 11 heteroatoms. The van der Waals surface area contributed by atoms with Gasteiger partial charge in [-0.3, -0.25) is 4.79 Å². The van der Waals surface area contributed by atoms with Crippen LogP contribution in [0.4, 0.5) is 5.88 Å². The van der Waals surface area contributed by atoms with Crippen LogP contribution in [0.15, 0.2) is 45.6 Å². The van der Waals surface area contributed by atoms with Crippen molar-refractivity contribution in [2.24, 2.45) is 0 Å². The molecular formula is C21H21NO10. The van der Waals surface area contributed by atoms with E-state index in [4.69, 9.17) is 19.6 Å². The summed E-state index contributed by atoms with van der Waals surface area (Å²) in [6, 6.07) is 7.99. The fourth-order valence-corrected chi connectivity index (χ4v) is 3.56. The Morgan fingerprint density at radius 2 is 1.69 bits per heavy atom. The van der Waals surface area contributed by atoms with Crippen molar-refractivity contribution >= 4 is 16.9 Å². The Kier molecular flexibility index (Phi) is 5.67. The van der Waals surface area contributed by atoms with Gasteiger partial charge in [-0.1, -0.05) is 12.1 Å². The summed E-state index contributed by atoms with van der Waals surface area (Å²) in [7, 11) is 0. The van der Waals surface area contributed by atoms with Crippen LogP contribution >= 0.6 is 0 Å². The fraction of sp³-hybridized carbons (Fsp3) is 0.286. The molecule has 2 aromatic carbocycles. The number of benzene rings is 2. The molecule has 3 aromatic rings. The van der Waals surface area contributed by atoms with Gasteiger partial charge in [0.25, 0.3) is 0 Å². The molecule has 4 rings (SSSR count). The predicted octanol–water partition coefficient (Wildman–Crippen LogP) is -0.368. The Labute approximate surface area is 180 Å². The molecule has 8 N–H and O–H groups in total. The molecule has 0 saturated carbocycles. The molecule has 0 radical (unpaired) electrons. The van der Waals surface area contributed by atoms with E-state index in [-0.39, 0.29) is 33.9 Å². The van der Waals surface area contributed by atoms with E-state index in [1.54, 1.807) is 0 Å². The topological polar surface area (TPSA) is 196 Å². The third-order valence-corrected chi connectivity index (χ3v) is 5.23. The van der Waals surface area contributed by atoms with Gasteiger partial charge in [0.15, 0.2) is 0 Å². The first-order chi connectivity index (χ1) is 15.2. The highest BCUT2D eigenvalue weighted by Gasteiger charge is 2.44. The number of hydrogen-bond acceptors (Lipinski definition) is 11. The molecule has 1 aliphatic heterocycles. The number of rotatable bonds is 4. The molecule has 1 aromatic heterocycles. The number of hydrogen-bond donors (Lipinski definition) is 7. The van der Waals surface area contributed by atoms with Crippen LogP contribution in [0.1, 0.15) is 0 Å².